The molecule has 0 N–H and O–H groups in total. The number of fused-ring (bicyclic) bond motifs is 1. The average Bonchev–Trinajstić information content (AvgIpc) is 3.06. The summed E-state index contributed by atoms with van der Waals surface area (Å²) in [5.74, 6) is 0.487. The zero-order valence-corrected chi connectivity index (χ0v) is 18.0. The summed E-state index contributed by atoms with van der Waals surface area (Å²) in [6.07, 6.45) is 3.63. The van der Waals surface area contributed by atoms with Crippen LogP contribution in [0.1, 0.15) is 11.1 Å². The Morgan fingerprint density at radius 1 is 0.968 bits per heavy atom. The summed E-state index contributed by atoms with van der Waals surface area (Å²) >= 11 is 0. The molecule has 0 unspecified atom stereocenters. The van der Waals surface area contributed by atoms with E-state index >= 15 is 0 Å². The lowest BCUT2D eigenvalue weighted by molar-refractivity contribution is 0.415. The van der Waals surface area contributed by atoms with Crippen LogP contribution in [-0.4, -0.2) is 24.3 Å². The summed E-state index contributed by atoms with van der Waals surface area (Å²) in [6, 6.07) is 21.0. The minimum atomic E-state index is -4.00. The fourth-order valence-electron chi connectivity index (χ4n) is 3.41. The number of ether oxygens (including phenoxy) is 1. The molecule has 0 radical (unpaired) electrons. The number of rotatable bonds is 6. The van der Waals surface area contributed by atoms with Gasteiger partial charge in [0.15, 0.2) is 0 Å². The van der Waals surface area contributed by atoms with Gasteiger partial charge < -0.3 is 4.74 Å². The van der Waals surface area contributed by atoms with Crippen molar-refractivity contribution in [2.45, 2.75) is 18.4 Å². The molecule has 7 heteroatoms. The van der Waals surface area contributed by atoms with Gasteiger partial charge in [0.05, 0.1) is 29.5 Å². The third-order valence-electron chi connectivity index (χ3n) is 5.03. The summed E-state index contributed by atoms with van der Waals surface area (Å²) in [7, 11) is -2.50. The van der Waals surface area contributed by atoms with Gasteiger partial charge in [-0.2, -0.15) is 12.5 Å². The first-order valence-electron chi connectivity index (χ1n) is 9.75. The third-order valence-corrected chi connectivity index (χ3v) is 6.75. The molecule has 4 aromatic rings. The van der Waals surface area contributed by atoms with Crippen LogP contribution in [0.2, 0.25) is 0 Å². The SMILES string of the molecule is COc1ccc2c(c1)c(=O)n(C/C=C/c1ccccc1)n2S(=O)(=O)c1ccc(C)cc1. The lowest BCUT2D eigenvalue weighted by atomic mass is 10.2. The number of hydrogen-bond acceptors (Lipinski definition) is 4. The van der Waals surface area contributed by atoms with Gasteiger partial charge in [-0.05, 0) is 42.8 Å². The first-order valence-corrected chi connectivity index (χ1v) is 11.2. The topological polar surface area (TPSA) is 70.3 Å². The van der Waals surface area contributed by atoms with Crippen molar-refractivity contribution < 1.29 is 13.2 Å². The summed E-state index contributed by atoms with van der Waals surface area (Å²) in [5, 5.41) is 0.281. The van der Waals surface area contributed by atoms with Crippen molar-refractivity contribution in [2.24, 2.45) is 0 Å². The zero-order valence-electron chi connectivity index (χ0n) is 17.2. The van der Waals surface area contributed by atoms with E-state index in [1.54, 1.807) is 48.5 Å². The molecule has 0 saturated carbocycles. The lowest BCUT2D eigenvalue weighted by Crippen LogP contribution is -2.27. The normalized spacial score (nSPS) is 11.9. The van der Waals surface area contributed by atoms with Crippen LogP contribution in [0.25, 0.3) is 17.0 Å². The average molecular weight is 435 g/mol. The van der Waals surface area contributed by atoms with Crippen LogP contribution in [0, 0.1) is 6.92 Å². The molecule has 0 aliphatic heterocycles. The van der Waals surface area contributed by atoms with Gasteiger partial charge in [0.2, 0.25) is 0 Å². The molecular weight excluding hydrogens is 412 g/mol. The van der Waals surface area contributed by atoms with Gasteiger partial charge in [0.25, 0.3) is 15.6 Å². The van der Waals surface area contributed by atoms with Crippen molar-refractivity contribution in [1.29, 1.82) is 0 Å². The summed E-state index contributed by atoms with van der Waals surface area (Å²) in [5.41, 5.74) is 1.81. The Hall–Kier alpha value is -3.58. The number of aromatic nitrogens is 2. The largest absolute Gasteiger partial charge is 0.497 e. The van der Waals surface area contributed by atoms with Gasteiger partial charge in [-0.1, -0.05) is 60.2 Å². The molecule has 0 atom stereocenters. The van der Waals surface area contributed by atoms with Crippen LogP contribution in [0.15, 0.2) is 88.6 Å². The molecule has 0 spiro atoms. The maximum Gasteiger partial charge on any atom is 0.282 e. The van der Waals surface area contributed by atoms with Crippen LogP contribution in [-0.2, 0) is 16.6 Å². The lowest BCUT2D eigenvalue weighted by Gasteiger charge is -2.12. The number of allylic oxidation sites excluding steroid dienone is 1. The predicted molar refractivity (Wildman–Crippen MR) is 122 cm³/mol. The molecule has 158 valence electrons. The highest BCUT2D eigenvalue weighted by Gasteiger charge is 2.25. The quantitative estimate of drug-likeness (QED) is 0.459. The molecule has 0 saturated heterocycles. The van der Waals surface area contributed by atoms with E-state index < -0.39 is 15.6 Å². The van der Waals surface area contributed by atoms with Crippen LogP contribution >= 0.6 is 0 Å². The Balaban J connectivity index is 1.89. The van der Waals surface area contributed by atoms with Gasteiger partial charge in [-0.15, -0.1) is 0 Å². The van der Waals surface area contributed by atoms with Gasteiger partial charge in [-0.25, -0.2) is 4.68 Å². The molecule has 6 nitrogen and oxygen atoms in total. The van der Waals surface area contributed by atoms with Crippen molar-refractivity contribution in [2.75, 3.05) is 7.11 Å². The van der Waals surface area contributed by atoms with E-state index in [1.165, 1.54) is 11.8 Å². The van der Waals surface area contributed by atoms with E-state index in [4.69, 9.17) is 4.74 Å². The Labute approximate surface area is 180 Å². The number of nitrogens with zero attached hydrogens (tertiary/aromatic N) is 2. The maximum atomic E-state index is 13.5. The Morgan fingerprint density at radius 2 is 1.68 bits per heavy atom. The van der Waals surface area contributed by atoms with E-state index in [1.807, 2.05) is 43.3 Å². The molecule has 0 amide bonds. The monoisotopic (exact) mass is 434 g/mol. The van der Waals surface area contributed by atoms with E-state index in [-0.39, 0.29) is 16.8 Å². The third kappa shape index (κ3) is 3.92. The zero-order chi connectivity index (χ0) is 22.0. The van der Waals surface area contributed by atoms with E-state index in [9.17, 15) is 13.2 Å². The fourth-order valence-corrected chi connectivity index (χ4v) is 4.91. The second-order valence-corrected chi connectivity index (χ2v) is 8.91. The predicted octanol–water partition coefficient (Wildman–Crippen LogP) is 4.07. The summed E-state index contributed by atoms with van der Waals surface area (Å²) in [4.78, 5) is 13.3. The van der Waals surface area contributed by atoms with Crippen LogP contribution in [0.4, 0.5) is 0 Å². The Morgan fingerprint density at radius 3 is 2.35 bits per heavy atom. The molecule has 31 heavy (non-hydrogen) atoms. The van der Waals surface area contributed by atoms with Crippen molar-refractivity contribution in [3.63, 3.8) is 0 Å². The minimum Gasteiger partial charge on any atom is -0.497 e. The van der Waals surface area contributed by atoms with Crippen molar-refractivity contribution in [1.82, 2.24) is 8.77 Å². The van der Waals surface area contributed by atoms with Crippen LogP contribution < -0.4 is 10.3 Å². The summed E-state index contributed by atoms with van der Waals surface area (Å²) < 4.78 is 34.6. The number of hydrogen-bond donors (Lipinski definition) is 0. The standard InChI is InChI=1S/C24H22N2O4S/c1-18-10-13-21(14-11-18)31(28,29)26-23-15-12-20(30-2)17-22(23)24(27)25(26)16-6-9-19-7-4-3-5-8-19/h3-15,17H,16H2,1-2H3/b9-6+. The molecule has 1 aromatic heterocycles. The van der Waals surface area contributed by atoms with Gasteiger partial charge in [0.1, 0.15) is 5.75 Å². The number of benzene rings is 3. The number of methoxy groups -OCH3 is 1. The molecule has 3 aromatic carbocycles. The van der Waals surface area contributed by atoms with Crippen LogP contribution in [0.5, 0.6) is 5.75 Å². The van der Waals surface area contributed by atoms with Gasteiger partial charge in [0, 0.05) is 0 Å². The van der Waals surface area contributed by atoms with E-state index in [2.05, 4.69) is 0 Å². The highest BCUT2D eigenvalue weighted by Crippen LogP contribution is 2.23. The van der Waals surface area contributed by atoms with Gasteiger partial charge >= 0.3 is 0 Å². The highest BCUT2D eigenvalue weighted by molar-refractivity contribution is 7.90. The summed E-state index contributed by atoms with van der Waals surface area (Å²) in [6.45, 7) is 1.98. The maximum absolute atomic E-state index is 13.5. The van der Waals surface area contributed by atoms with Crippen molar-refractivity contribution in [3.8, 4) is 5.75 Å². The number of aryl methyl sites for hydroxylation is 1. The molecular formula is C24H22N2O4S. The van der Waals surface area contributed by atoms with E-state index in [0.717, 1.165) is 15.2 Å². The van der Waals surface area contributed by atoms with Crippen LogP contribution in [0.3, 0.4) is 0 Å². The molecule has 0 aliphatic carbocycles. The van der Waals surface area contributed by atoms with E-state index in [0.29, 0.717) is 11.3 Å². The van der Waals surface area contributed by atoms with Gasteiger partial charge in [-0.3, -0.25) is 4.79 Å². The Bertz CT molecular complexity index is 1410. The highest BCUT2D eigenvalue weighted by atomic mass is 32.2. The molecule has 1 heterocycles. The first-order chi connectivity index (χ1) is 14.9. The molecule has 0 bridgehead atoms. The molecule has 4 rings (SSSR count). The first kappa shape index (κ1) is 20.7. The molecule has 0 fully saturated rings. The molecule has 0 aliphatic rings. The smallest absolute Gasteiger partial charge is 0.282 e. The van der Waals surface area contributed by atoms with Crippen molar-refractivity contribution in [3.05, 3.63) is 100 Å². The second-order valence-electron chi connectivity index (χ2n) is 7.14. The Kier molecular flexibility index (Phi) is 5.52. The minimum absolute atomic E-state index is 0.0931. The fraction of sp³-hybridized carbons (Fsp3) is 0.125. The second kappa shape index (κ2) is 8.28. The van der Waals surface area contributed by atoms with Crippen molar-refractivity contribution >= 4 is 27.0 Å².